The largest absolute Gasteiger partial charge is 0.383 e. The molecule has 1 unspecified atom stereocenters. The van der Waals surface area contributed by atoms with Gasteiger partial charge in [-0.25, -0.2) is 8.42 Å². The number of methoxy groups -OCH3 is 1. The number of ether oxygens (including phenoxy) is 1. The molecule has 112 valence electrons. The molecule has 0 radical (unpaired) electrons. The normalized spacial score (nSPS) is 12.9. The number of nitrogens with one attached hydrogen (secondary N) is 1. The van der Waals surface area contributed by atoms with Crippen molar-refractivity contribution in [2.24, 2.45) is 0 Å². The Balaban J connectivity index is 2.48. The number of hydrogen-bond donors (Lipinski definition) is 1. The third kappa shape index (κ3) is 5.90. The number of carbonyl (C=O) groups excluding carboxylic acids is 1. The highest BCUT2D eigenvalue weighted by Crippen LogP contribution is 2.15. The van der Waals surface area contributed by atoms with Gasteiger partial charge >= 0.3 is 0 Å². The number of carbonyl (C=O) groups is 1. The van der Waals surface area contributed by atoms with Crippen LogP contribution in [0.4, 0.5) is 0 Å². The topological polar surface area (TPSA) is 72.5 Å². The van der Waals surface area contributed by atoms with E-state index in [-0.39, 0.29) is 16.8 Å². The number of amides is 1. The molecule has 0 fully saturated rings. The lowest BCUT2D eigenvalue weighted by molar-refractivity contribution is -0.122. The predicted octanol–water partition coefficient (Wildman–Crippen LogP) is 1.70. The van der Waals surface area contributed by atoms with Crippen molar-refractivity contribution in [2.45, 2.75) is 30.7 Å². The third-order valence-corrected chi connectivity index (χ3v) is 4.04. The van der Waals surface area contributed by atoms with Crippen molar-refractivity contribution in [3.05, 3.63) is 29.8 Å². The molecule has 1 rings (SSSR count). The Morgan fingerprint density at radius 1 is 1.35 bits per heavy atom. The number of benzene rings is 1. The summed E-state index contributed by atoms with van der Waals surface area (Å²) in [6.07, 6.45) is 0.870. The summed E-state index contributed by atoms with van der Waals surface area (Å²) in [7, 11) is 3.11. The monoisotopic (exact) mass is 319 g/mol. The first-order valence-electron chi connectivity index (χ1n) is 6.15. The van der Waals surface area contributed by atoms with Gasteiger partial charge < -0.3 is 10.1 Å². The summed E-state index contributed by atoms with van der Waals surface area (Å²) in [5.41, 5.74) is 0.878. The van der Waals surface area contributed by atoms with Crippen LogP contribution in [-0.2, 0) is 25.0 Å². The van der Waals surface area contributed by atoms with E-state index in [4.69, 9.17) is 15.4 Å². The van der Waals surface area contributed by atoms with Gasteiger partial charge in [-0.1, -0.05) is 12.1 Å². The van der Waals surface area contributed by atoms with Crippen molar-refractivity contribution >= 4 is 25.6 Å². The van der Waals surface area contributed by atoms with Crippen molar-refractivity contribution in [3.63, 3.8) is 0 Å². The summed E-state index contributed by atoms with van der Waals surface area (Å²) in [4.78, 5) is 11.7. The molecule has 0 bridgehead atoms. The molecular formula is C13H18ClNO4S. The lowest BCUT2D eigenvalue weighted by atomic mass is 10.1. The second-order valence-corrected chi connectivity index (χ2v) is 7.07. The summed E-state index contributed by atoms with van der Waals surface area (Å²) in [5, 5.41) is 2.81. The average molecular weight is 320 g/mol. The first-order chi connectivity index (χ1) is 9.32. The number of hydrogen-bond acceptors (Lipinski definition) is 4. The van der Waals surface area contributed by atoms with Crippen molar-refractivity contribution in [2.75, 3.05) is 13.7 Å². The highest BCUT2D eigenvalue weighted by atomic mass is 35.7. The van der Waals surface area contributed by atoms with Crippen molar-refractivity contribution < 1.29 is 17.9 Å². The van der Waals surface area contributed by atoms with Crippen LogP contribution in [-0.4, -0.2) is 34.1 Å². The van der Waals surface area contributed by atoms with Gasteiger partial charge in [0.05, 0.1) is 11.5 Å². The zero-order valence-electron chi connectivity index (χ0n) is 11.4. The molecule has 0 spiro atoms. The number of halogens is 1. The first kappa shape index (κ1) is 16.9. The van der Waals surface area contributed by atoms with Crippen LogP contribution in [0.15, 0.2) is 29.2 Å². The van der Waals surface area contributed by atoms with Gasteiger partial charge in [0.2, 0.25) is 5.91 Å². The van der Waals surface area contributed by atoms with Crippen molar-refractivity contribution in [1.82, 2.24) is 5.32 Å². The zero-order valence-corrected chi connectivity index (χ0v) is 13.0. The molecule has 1 atom stereocenters. The van der Waals surface area contributed by atoms with Gasteiger partial charge in [-0.05, 0) is 31.0 Å². The SMILES string of the molecule is COCC(C)NC(=O)CCc1ccc(S(=O)(=O)Cl)cc1. The van der Waals surface area contributed by atoms with E-state index < -0.39 is 9.05 Å². The first-order valence-corrected chi connectivity index (χ1v) is 8.45. The highest BCUT2D eigenvalue weighted by Gasteiger charge is 2.10. The zero-order chi connectivity index (χ0) is 15.2. The molecule has 0 saturated heterocycles. The van der Waals surface area contributed by atoms with Gasteiger partial charge in [0.15, 0.2) is 0 Å². The van der Waals surface area contributed by atoms with E-state index in [2.05, 4.69) is 5.32 Å². The average Bonchev–Trinajstić information content (AvgIpc) is 2.36. The quantitative estimate of drug-likeness (QED) is 0.776. The van der Waals surface area contributed by atoms with Gasteiger partial charge in [0, 0.05) is 30.3 Å². The van der Waals surface area contributed by atoms with Crippen LogP contribution in [0.1, 0.15) is 18.9 Å². The summed E-state index contributed by atoms with van der Waals surface area (Å²) < 4.78 is 27.1. The Morgan fingerprint density at radius 2 is 1.95 bits per heavy atom. The van der Waals surface area contributed by atoms with Crippen molar-refractivity contribution in [1.29, 1.82) is 0 Å². The van der Waals surface area contributed by atoms with Crippen LogP contribution >= 0.6 is 10.7 Å². The molecular weight excluding hydrogens is 302 g/mol. The second kappa shape index (κ2) is 7.61. The van der Waals surface area contributed by atoms with Crippen molar-refractivity contribution in [3.8, 4) is 0 Å². The summed E-state index contributed by atoms with van der Waals surface area (Å²) in [6.45, 7) is 2.33. The molecule has 1 aromatic carbocycles. The highest BCUT2D eigenvalue weighted by molar-refractivity contribution is 8.13. The molecule has 0 aliphatic heterocycles. The predicted molar refractivity (Wildman–Crippen MR) is 77.3 cm³/mol. The van der Waals surface area contributed by atoms with Gasteiger partial charge in [-0.2, -0.15) is 0 Å². The minimum Gasteiger partial charge on any atom is -0.383 e. The summed E-state index contributed by atoms with van der Waals surface area (Å²) in [6, 6.07) is 6.14. The van der Waals surface area contributed by atoms with E-state index in [1.54, 1.807) is 19.2 Å². The molecule has 0 aliphatic carbocycles. The van der Waals surface area contributed by atoms with Crippen LogP contribution in [0.5, 0.6) is 0 Å². The Labute approximate surface area is 123 Å². The van der Waals surface area contributed by atoms with E-state index in [1.807, 2.05) is 6.92 Å². The molecule has 0 saturated carbocycles. The van der Waals surface area contributed by atoms with E-state index in [0.717, 1.165) is 5.56 Å². The Hall–Kier alpha value is -1.11. The van der Waals surface area contributed by atoms with Crippen LogP contribution in [0, 0.1) is 0 Å². The fourth-order valence-corrected chi connectivity index (χ4v) is 2.48. The van der Waals surface area contributed by atoms with Gasteiger partial charge in [-0.15, -0.1) is 0 Å². The molecule has 1 aromatic rings. The van der Waals surface area contributed by atoms with Gasteiger partial charge in [0.25, 0.3) is 9.05 Å². The standard InChI is InChI=1S/C13H18ClNO4S/c1-10(9-19-2)15-13(16)8-5-11-3-6-12(7-4-11)20(14,17)18/h3-4,6-7,10H,5,8-9H2,1-2H3,(H,15,16). The smallest absolute Gasteiger partial charge is 0.261 e. The molecule has 1 amide bonds. The third-order valence-electron chi connectivity index (χ3n) is 2.67. The number of rotatable bonds is 7. The molecule has 0 aliphatic rings. The van der Waals surface area contributed by atoms with Crippen LogP contribution in [0.2, 0.25) is 0 Å². The lowest BCUT2D eigenvalue weighted by Gasteiger charge is -2.12. The van der Waals surface area contributed by atoms with E-state index >= 15 is 0 Å². The Bertz CT molecular complexity index is 542. The molecule has 1 N–H and O–H groups in total. The van der Waals surface area contributed by atoms with E-state index in [0.29, 0.717) is 19.4 Å². The number of aryl methyl sites for hydroxylation is 1. The van der Waals surface area contributed by atoms with Crippen LogP contribution in [0.3, 0.4) is 0 Å². The van der Waals surface area contributed by atoms with Crippen LogP contribution < -0.4 is 5.32 Å². The molecule has 5 nitrogen and oxygen atoms in total. The molecule has 0 aromatic heterocycles. The fraction of sp³-hybridized carbons (Fsp3) is 0.462. The summed E-state index contributed by atoms with van der Waals surface area (Å²) >= 11 is 0. The van der Waals surface area contributed by atoms with E-state index in [9.17, 15) is 13.2 Å². The van der Waals surface area contributed by atoms with Gasteiger partial charge in [-0.3, -0.25) is 4.79 Å². The minimum absolute atomic E-state index is 0.0312. The van der Waals surface area contributed by atoms with Crippen LogP contribution in [0.25, 0.3) is 0 Å². The summed E-state index contributed by atoms with van der Waals surface area (Å²) in [5.74, 6) is -0.0661. The maximum Gasteiger partial charge on any atom is 0.261 e. The van der Waals surface area contributed by atoms with E-state index in [1.165, 1.54) is 12.1 Å². The Morgan fingerprint density at radius 3 is 2.45 bits per heavy atom. The maximum absolute atomic E-state index is 11.6. The molecule has 0 heterocycles. The Kier molecular flexibility index (Phi) is 6.45. The fourth-order valence-electron chi connectivity index (χ4n) is 1.72. The molecule has 7 heteroatoms. The maximum atomic E-state index is 11.6. The van der Waals surface area contributed by atoms with Gasteiger partial charge in [0.1, 0.15) is 0 Å². The lowest BCUT2D eigenvalue weighted by Crippen LogP contribution is -2.35. The molecule has 20 heavy (non-hydrogen) atoms. The second-order valence-electron chi connectivity index (χ2n) is 4.51. The minimum atomic E-state index is -3.69.